The Labute approximate surface area is 166 Å². The molecule has 0 atom stereocenters. The first kappa shape index (κ1) is 20.3. The number of hydrogen-bond donors (Lipinski definition) is 1. The van der Waals surface area contributed by atoms with Crippen molar-refractivity contribution in [1.82, 2.24) is 20.3 Å². The third-order valence-electron chi connectivity index (χ3n) is 4.74. The smallest absolute Gasteiger partial charge is 0.193 e. The molecule has 1 aliphatic rings. The van der Waals surface area contributed by atoms with E-state index in [1.807, 2.05) is 12.1 Å². The number of nitrogens with one attached hydrogen (secondary N) is 1. The molecule has 0 spiro atoms. The van der Waals surface area contributed by atoms with E-state index < -0.39 is 9.84 Å². The molecule has 0 aliphatic carbocycles. The highest BCUT2D eigenvalue weighted by atomic mass is 32.2. The molecule has 28 heavy (non-hydrogen) atoms. The molecular weight excluding hydrogens is 378 g/mol. The Morgan fingerprint density at radius 1 is 1.18 bits per heavy atom. The fourth-order valence-corrected chi connectivity index (χ4v) is 4.54. The topological polar surface area (TPSA) is 91.0 Å². The predicted octanol–water partition coefficient (Wildman–Crippen LogP) is 1.23. The van der Waals surface area contributed by atoms with Gasteiger partial charge < -0.3 is 14.7 Å². The van der Waals surface area contributed by atoms with Crippen molar-refractivity contribution in [2.75, 3.05) is 45.5 Å². The van der Waals surface area contributed by atoms with Gasteiger partial charge in [-0.3, -0.25) is 9.89 Å². The van der Waals surface area contributed by atoms with Gasteiger partial charge >= 0.3 is 0 Å². The molecule has 0 amide bonds. The van der Waals surface area contributed by atoms with Gasteiger partial charge in [0.2, 0.25) is 0 Å². The highest BCUT2D eigenvalue weighted by Gasteiger charge is 2.20. The average molecular weight is 406 g/mol. The van der Waals surface area contributed by atoms with Crippen LogP contribution in [0.2, 0.25) is 0 Å². The van der Waals surface area contributed by atoms with Crippen molar-refractivity contribution >= 4 is 15.8 Å². The number of aromatic nitrogens is 1. The normalized spacial score (nSPS) is 16.3. The van der Waals surface area contributed by atoms with Gasteiger partial charge in [-0.05, 0) is 18.6 Å². The first-order chi connectivity index (χ1) is 13.6. The van der Waals surface area contributed by atoms with E-state index in [0.29, 0.717) is 17.9 Å². The van der Waals surface area contributed by atoms with Gasteiger partial charge in [0.25, 0.3) is 0 Å². The first-order valence-electron chi connectivity index (χ1n) is 9.43. The summed E-state index contributed by atoms with van der Waals surface area (Å²) < 4.78 is 29.5. The second-order valence-corrected chi connectivity index (χ2v) is 8.82. The number of aliphatic imine (C=N–C) groups is 1. The van der Waals surface area contributed by atoms with Gasteiger partial charge in [0.05, 0.1) is 16.3 Å². The predicted molar refractivity (Wildman–Crippen MR) is 108 cm³/mol. The Bertz CT molecular complexity index is 845. The van der Waals surface area contributed by atoms with Crippen molar-refractivity contribution in [3.8, 4) is 0 Å². The van der Waals surface area contributed by atoms with Gasteiger partial charge in [0, 0.05) is 52.4 Å². The molecule has 0 bridgehead atoms. The van der Waals surface area contributed by atoms with Crippen LogP contribution in [0.3, 0.4) is 0 Å². The molecule has 2 heterocycles. The van der Waals surface area contributed by atoms with E-state index in [0.717, 1.165) is 44.4 Å². The van der Waals surface area contributed by atoms with Crippen LogP contribution in [0.15, 0.2) is 57.1 Å². The number of piperazine rings is 1. The summed E-state index contributed by atoms with van der Waals surface area (Å²) in [5.74, 6) is 0.935. The van der Waals surface area contributed by atoms with Gasteiger partial charge in [-0.1, -0.05) is 23.4 Å². The van der Waals surface area contributed by atoms with E-state index >= 15 is 0 Å². The van der Waals surface area contributed by atoms with Crippen LogP contribution < -0.4 is 5.32 Å². The van der Waals surface area contributed by atoms with Crippen molar-refractivity contribution in [1.29, 1.82) is 0 Å². The number of guanidine groups is 1. The highest BCUT2D eigenvalue weighted by molar-refractivity contribution is 7.91. The number of nitrogens with zero attached hydrogens (tertiary/aromatic N) is 4. The molecular formula is C19H27N5O3S. The lowest BCUT2D eigenvalue weighted by molar-refractivity contribution is 0.169. The van der Waals surface area contributed by atoms with Gasteiger partial charge in [-0.2, -0.15) is 0 Å². The molecule has 152 valence electrons. The zero-order chi connectivity index (χ0) is 19.8. The van der Waals surface area contributed by atoms with Crippen LogP contribution in [0.5, 0.6) is 0 Å². The molecule has 0 saturated carbocycles. The van der Waals surface area contributed by atoms with Crippen molar-refractivity contribution in [3.63, 3.8) is 0 Å². The Morgan fingerprint density at radius 2 is 1.93 bits per heavy atom. The van der Waals surface area contributed by atoms with Gasteiger partial charge in [-0.15, -0.1) is 0 Å². The Hall–Kier alpha value is -2.39. The largest absolute Gasteiger partial charge is 0.364 e. The summed E-state index contributed by atoms with van der Waals surface area (Å²) in [6, 6.07) is 10.5. The second-order valence-electron chi connectivity index (χ2n) is 6.71. The Balaban J connectivity index is 1.40. The van der Waals surface area contributed by atoms with Crippen LogP contribution in [-0.2, 0) is 16.4 Å². The summed E-state index contributed by atoms with van der Waals surface area (Å²) >= 11 is 0. The molecule has 1 fully saturated rings. The van der Waals surface area contributed by atoms with Gasteiger partial charge in [0.15, 0.2) is 15.8 Å². The minimum atomic E-state index is -3.24. The number of benzene rings is 1. The van der Waals surface area contributed by atoms with Crippen molar-refractivity contribution in [2.45, 2.75) is 17.9 Å². The van der Waals surface area contributed by atoms with Crippen molar-refractivity contribution < 1.29 is 12.9 Å². The summed E-state index contributed by atoms with van der Waals surface area (Å²) in [5, 5.41) is 7.25. The zero-order valence-electron chi connectivity index (χ0n) is 16.1. The van der Waals surface area contributed by atoms with E-state index in [9.17, 15) is 8.42 Å². The quantitative estimate of drug-likeness (QED) is 0.421. The molecule has 0 radical (unpaired) electrons. The lowest BCUT2D eigenvalue weighted by atomic mass is 10.3. The second kappa shape index (κ2) is 9.70. The summed E-state index contributed by atoms with van der Waals surface area (Å²) in [5.41, 5.74) is 0.940. The molecule has 1 saturated heterocycles. The number of sulfone groups is 1. The third kappa shape index (κ3) is 5.56. The summed E-state index contributed by atoms with van der Waals surface area (Å²) in [7, 11) is -1.48. The van der Waals surface area contributed by atoms with Gasteiger partial charge in [-0.25, -0.2) is 8.42 Å². The average Bonchev–Trinajstić information content (AvgIpc) is 3.23. The molecule has 8 nitrogen and oxygen atoms in total. The van der Waals surface area contributed by atoms with Crippen LogP contribution in [0, 0.1) is 0 Å². The van der Waals surface area contributed by atoms with E-state index in [1.54, 1.807) is 37.6 Å². The highest BCUT2D eigenvalue weighted by Crippen LogP contribution is 2.11. The standard InChI is InChI=1S/C19H27N5O3S/c1-20-19(21-9-5-15-28(25,26)18-6-3-2-4-7-18)24-12-10-23(11-13-24)16-17-8-14-27-22-17/h2-4,6-8,14H,5,9-13,15-16H2,1H3,(H,20,21). The Kier molecular flexibility index (Phi) is 7.05. The first-order valence-corrected chi connectivity index (χ1v) is 11.1. The number of rotatable bonds is 7. The van der Waals surface area contributed by atoms with Crippen LogP contribution in [0.25, 0.3) is 0 Å². The van der Waals surface area contributed by atoms with Crippen LogP contribution >= 0.6 is 0 Å². The molecule has 3 rings (SSSR count). The summed E-state index contributed by atoms with van der Waals surface area (Å²) in [4.78, 5) is 9.25. The molecule has 1 aliphatic heterocycles. The fraction of sp³-hybridized carbons (Fsp3) is 0.474. The summed E-state index contributed by atoms with van der Waals surface area (Å²) in [6.07, 6.45) is 2.12. The maximum Gasteiger partial charge on any atom is 0.193 e. The zero-order valence-corrected chi connectivity index (χ0v) is 16.9. The maximum absolute atomic E-state index is 12.3. The minimum Gasteiger partial charge on any atom is -0.364 e. The van der Waals surface area contributed by atoms with E-state index in [-0.39, 0.29) is 5.75 Å². The van der Waals surface area contributed by atoms with E-state index in [2.05, 4.69) is 25.3 Å². The lowest BCUT2D eigenvalue weighted by Crippen LogP contribution is -2.52. The molecule has 1 aromatic heterocycles. The molecule has 1 aromatic carbocycles. The Morgan fingerprint density at radius 3 is 2.57 bits per heavy atom. The minimum absolute atomic E-state index is 0.118. The van der Waals surface area contributed by atoms with Crippen LogP contribution in [0.1, 0.15) is 12.1 Å². The lowest BCUT2D eigenvalue weighted by Gasteiger charge is -2.36. The third-order valence-corrected chi connectivity index (χ3v) is 6.55. The maximum atomic E-state index is 12.3. The fourth-order valence-electron chi connectivity index (χ4n) is 3.21. The monoisotopic (exact) mass is 405 g/mol. The van der Waals surface area contributed by atoms with Gasteiger partial charge in [0.1, 0.15) is 6.26 Å². The SMILES string of the molecule is CN=C(NCCCS(=O)(=O)c1ccccc1)N1CCN(Cc2ccon2)CC1. The molecule has 2 aromatic rings. The van der Waals surface area contributed by atoms with E-state index in [1.165, 1.54) is 0 Å². The van der Waals surface area contributed by atoms with Crippen molar-refractivity contribution in [3.05, 3.63) is 48.4 Å². The molecule has 9 heteroatoms. The number of hydrogen-bond acceptors (Lipinski definition) is 6. The van der Waals surface area contributed by atoms with Crippen LogP contribution in [-0.4, -0.2) is 74.9 Å². The van der Waals surface area contributed by atoms with Crippen molar-refractivity contribution in [2.24, 2.45) is 4.99 Å². The molecule has 0 unspecified atom stereocenters. The van der Waals surface area contributed by atoms with E-state index in [4.69, 9.17) is 4.52 Å². The summed E-state index contributed by atoms with van der Waals surface area (Å²) in [6.45, 7) is 4.90. The molecule has 1 N–H and O–H groups in total. The van der Waals surface area contributed by atoms with Crippen LogP contribution in [0.4, 0.5) is 0 Å².